The van der Waals surface area contributed by atoms with Crippen LogP contribution in [0, 0.1) is 0 Å². The van der Waals surface area contributed by atoms with E-state index >= 15 is 0 Å². The molecular formula is C9H14N2O. The first-order valence-corrected chi connectivity index (χ1v) is 3.86. The van der Waals surface area contributed by atoms with Crippen LogP contribution in [0.25, 0.3) is 0 Å². The zero-order valence-corrected chi connectivity index (χ0v) is 7.41. The molecule has 0 spiro atoms. The molecule has 0 amide bonds. The Balaban J connectivity index is 2.48. The molecule has 0 aliphatic carbocycles. The number of nitrogens with one attached hydrogen (secondary N) is 1. The topological polar surface area (TPSA) is 35.5 Å². The average molecular weight is 166 g/mol. The van der Waals surface area contributed by atoms with Gasteiger partial charge >= 0.3 is 0 Å². The number of nitrogens with zero attached hydrogens (tertiary/aromatic N) is 1. The minimum absolute atomic E-state index is 0.297. The maximum absolute atomic E-state index is 9.00. The molecule has 0 heterocycles. The largest absolute Gasteiger partial charge is 0.508 e. The Morgan fingerprint density at radius 1 is 1.25 bits per heavy atom. The molecule has 0 aliphatic rings. The van der Waals surface area contributed by atoms with E-state index in [1.54, 1.807) is 12.1 Å². The van der Waals surface area contributed by atoms with Crippen molar-refractivity contribution < 1.29 is 5.11 Å². The molecule has 0 atom stereocenters. The maximum Gasteiger partial charge on any atom is 0.115 e. The molecule has 2 N–H and O–H groups in total. The van der Waals surface area contributed by atoms with Crippen LogP contribution in [-0.4, -0.2) is 30.8 Å². The molecule has 0 fully saturated rings. The minimum Gasteiger partial charge on any atom is -0.508 e. The summed E-state index contributed by atoms with van der Waals surface area (Å²) in [6.45, 7) is 0.796. The lowest BCUT2D eigenvalue weighted by Gasteiger charge is -2.11. The van der Waals surface area contributed by atoms with Gasteiger partial charge < -0.3 is 10.4 Å². The normalized spacial score (nSPS) is 10.2. The van der Waals surface area contributed by atoms with Crippen molar-refractivity contribution in [1.29, 1.82) is 0 Å². The van der Waals surface area contributed by atoms with E-state index in [1.807, 2.05) is 31.1 Å². The highest BCUT2D eigenvalue weighted by Gasteiger charge is 1.91. The summed E-state index contributed by atoms with van der Waals surface area (Å²) < 4.78 is 0. The van der Waals surface area contributed by atoms with E-state index in [0.717, 1.165) is 12.4 Å². The molecule has 0 saturated carbocycles. The van der Waals surface area contributed by atoms with Gasteiger partial charge in [0.25, 0.3) is 0 Å². The summed E-state index contributed by atoms with van der Waals surface area (Å²) >= 11 is 0. The van der Waals surface area contributed by atoms with E-state index in [1.165, 1.54) is 0 Å². The third-order valence-electron chi connectivity index (χ3n) is 1.47. The summed E-state index contributed by atoms with van der Waals surface area (Å²) in [4.78, 5) is 2.03. The first kappa shape index (κ1) is 8.87. The van der Waals surface area contributed by atoms with Crippen LogP contribution in [0.1, 0.15) is 0 Å². The molecule has 1 aromatic carbocycles. The first-order chi connectivity index (χ1) is 5.68. The van der Waals surface area contributed by atoms with E-state index in [2.05, 4.69) is 5.32 Å². The molecule has 12 heavy (non-hydrogen) atoms. The smallest absolute Gasteiger partial charge is 0.115 e. The predicted octanol–water partition coefficient (Wildman–Crippen LogP) is 1.32. The SMILES string of the molecule is CN(C)CNc1ccc(O)cc1. The van der Waals surface area contributed by atoms with Crippen molar-refractivity contribution in [3.63, 3.8) is 0 Å². The van der Waals surface area contributed by atoms with Gasteiger partial charge in [-0.2, -0.15) is 0 Å². The Labute approximate surface area is 72.6 Å². The van der Waals surface area contributed by atoms with Crippen LogP contribution >= 0.6 is 0 Å². The maximum atomic E-state index is 9.00. The van der Waals surface area contributed by atoms with Gasteiger partial charge in [-0.3, -0.25) is 4.90 Å². The number of benzene rings is 1. The average Bonchev–Trinajstić information content (AvgIpc) is 2.03. The van der Waals surface area contributed by atoms with Crippen LogP contribution in [-0.2, 0) is 0 Å². The van der Waals surface area contributed by atoms with Crippen LogP contribution < -0.4 is 5.32 Å². The van der Waals surface area contributed by atoms with Crippen LogP contribution in [0.3, 0.4) is 0 Å². The van der Waals surface area contributed by atoms with Gasteiger partial charge in [-0.15, -0.1) is 0 Å². The lowest BCUT2D eigenvalue weighted by Crippen LogP contribution is -2.20. The quantitative estimate of drug-likeness (QED) is 0.525. The number of hydrogen-bond donors (Lipinski definition) is 2. The van der Waals surface area contributed by atoms with E-state index in [0.29, 0.717) is 5.75 Å². The molecule has 66 valence electrons. The van der Waals surface area contributed by atoms with Crippen molar-refractivity contribution in [2.24, 2.45) is 0 Å². The molecule has 0 radical (unpaired) electrons. The van der Waals surface area contributed by atoms with Crippen LogP contribution in [0.4, 0.5) is 5.69 Å². The van der Waals surface area contributed by atoms with Crippen LogP contribution in [0.5, 0.6) is 5.75 Å². The van der Waals surface area contributed by atoms with Crippen molar-refractivity contribution in [3.05, 3.63) is 24.3 Å². The van der Waals surface area contributed by atoms with Gasteiger partial charge in [0.05, 0.1) is 6.67 Å². The third kappa shape index (κ3) is 2.80. The van der Waals surface area contributed by atoms with Gasteiger partial charge in [0.2, 0.25) is 0 Å². The number of hydrogen-bond acceptors (Lipinski definition) is 3. The molecule has 1 rings (SSSR count). The molecular weight excluding hydrogens is 152 g/mol. The summed E-state index contributed by atoms with van der Waals surface area (Å²) in [5.41, 5.74) is 1.02. The molecule has 1 aromatic rings. The van der Waals surface area contributed by atoms with Gasteiger partial charge in [0.15, 0.2) is 0 Å². The van der Waals surface area contributed by atoms with Gasteiger partial charge in [-0.05, 0) is 38.4 Å². The predicted molar refractivity (Wildman–Crippen MR) is 50.3 cm³/mol. The molecule has 0 bridgehead atoms. The monoisotopic (exact) mass is 166 g/mol. The van der Waals surface area contributed by atoms with Gasteiger partial charge in [0.1, 0.15) is 5.75 Å². The second kappa shape index (κ2) is 3.97. The summed E-state index contributed by atoms with van der Waals surface area (Å²) in [5.74, 6) is 0.297. The number of anilines is 1. The van der Waals surface area contributed by atoms with E-state index < -0.39 is 0 Å². The Morgan fingerprint density at radius 3 is 2.33 bits per heavy atom. The van der Waals surface area contributed by atoms with Crippen molar-refractivity contribution in [1.82, 2.24) is 4.90 Å². The summed E-state index contributed by atoms with van der Waals surface area (Å²) in [5, 5.41) is 12.2. The number of aromatic hydroxyl groups is 1. The molecule has 3 nitrogen and oxygen atoms in total. The highest BCUT2D eigenvalue weighted by molar-refractivity contribution is 5.45. The van der Waals surface area contributed by atoms with E-state index in [9.17, 15) is 0 Å². The van der Waals surface area contributed by atoms with E-state index in [-0.39, 0.29) is 0 Å². The van der Waals surface area contributed by atoms with E-state index in [4.69, 9.17) is 5.11 Å². The fourth-order valence-corrected chi connectivity index (χ4v) is 0.829. The second-order valence-electron chi connectivity index (χ2n) is 2.96. The third-order valence-corrected chi connectivity index (χ3v) is 1.47. The second-order valence-corrected chi connectivity index (χ2v) is 2.96. The van der Waals surface area contributed by atoms with Gasteiger partial charge in [-0.25, -0.2) is 0 Å². The number of phenolic OH excluding ortho intramolecular Hbond substituents is 1. The van der Waals surface area contributed by atoms with Crippen molar-refractivity contribution in [3.8, 4) is 5.75 Å². The number of rotatable bonds is 3. The summed E-state index contributed by atoms with van der Waals surface area (Å²) in [6.07, 6.45) is 0. The van der Waals surface area contributed by atoms with Gasteiger partial charge in [-0.1, -0.05) is 0 Å². The van der Waals surface area contributed by atoms with Crippen LogP contribution in [0.2, 0.25) is 0 Å². The fourth-order valence-electron chi connectivity index (χ4n) is 0.829. The Morgan fingerprint density at radius 2 is 1.83 bits per heavy atom. The molecule has 0 aliphatic heterocycles. The lowest BCUT2D eigenvalue weighted by molar-refractivity contribution is 0.440. The zero-order chi connectivity index (χ0) is 8.97. The standard InChI is InChI=1S/C9H14N2O/c1-11(2)7-10-8-3-5-9(12)6-4-8/h3-6,10,12H,7H2,1-2H3. The molecule has 0 saturated heterocycles. The minimum atomic E-state index is 0.297. The first-order valence-electron chi connectivity index (χ1n) is 3.86. The lowest BCUT2D eigenvalue weighted by atomic mass is 10.3. The van der Waals surface area contributed by atoms with Crippen molar-refractivity contribution in [2.45, 2.75) is 0 Å². The Hall–Kier alpha value is -1.22. The number of phenols is 1. The Kier molecular flexibility index (Phi) is 2.94. The van der Waals surface area contributed by atoms with Crippen molar-refractivity contribution in [2.75, 3.05) is 26.1 Å². The highest BCUT2D eigenvalue weighted by atomic mass is 16.3. The summed E-state index contributed by atoms with van der Waals surface area (Å²) in [6, 6.07) is 7.02. The fraction of sp³-hybridized carbons (Fsp3) is 0.333. The Bertz CT molecular complexity index is 231. The van der Waals surface area contributed by atoms with Crippen molar-refractivity contribution >= 4 is 5.69 Å². The zero-order valence-electron chi connectivity index (χ0n) is 7.41. The summed E-state index contributed by atoms with van der Waals surface area (Å²) in [7, 11) is 3.99. The van der Waals surface area contributed by atoms with Crippen LogP contribution in [0.15, 0.2) is 24.3 Å². The molecule has 0 unspecified atom stereocenters. The molecule has 0 aromatic heterocycles. The molecule has 3 heteroatoms. The highest BCUT2D eigenvalue weighted by Crippen LogP contribution is 2.13. The van der Waals surface area contributed by atoms with Gasteiger partial charge in [0, 0.05) is 5.69 Å².